The molecule has 0 fully saturated rings. The van der Waals surface area contributed by atoms with Crippen LogP contribution in [0.5, 0.6) is 5.75 Å². The van der Waals surface area contributed by atoms with Gasteiger partial charge in [-0.15, -0.1) is 0 Å². The van der Waals surface area contributed by atoms with Crippen molar-refractivity contribution in [2.75, 3.05) is 27.4 Å². The van der Waals surface area contributed by atoms with Crippen LogP contribution in [0.1, 0.15) is 12.0 Å². The second-order valence-corrected chi connectivity index (χ2v) is 3.37. The monoisotopic (exact) mass is 209 g/mol. The van der Waals surface area contributed by atoms with Crippen molar-refractivity contribution in [3.63, 3.8) is 0 Å². The van der Waals surface area contributed by atoms with Gasteiger partial charge in [-0.25, -0.2) is 0 Å². The second-order valence-electron chi connectivity index (χ2n) is 3.37. The first-order chi connectivity index (χ1) is 7.36. The molecule has 0 bridgehead atoms. The third-order valence-electron chi connectivity index (χ3n) is 2.07. The Bertz CT molecular complexity index is 259. The van der Waals surface area contributed by atoms with Crippen molar-refractivity contribution in [2.45, 2.75) is 13.0 Å². The van der Waals surface area contributed by atoms with Crippen molar-refractivity contribution in [2.24, 2.45) is 0 Å². The van der Waals surface area contributed by atoms with E-state index in [-0.39, 0.29) is 0 Å². The van der Waals surface area contributed by atoms with Crippen LogP contribution < -0.4 is 10.1 Å². The van der Waals surface area contributed by atoms with Gasteiger partial charge < -0.3 is 14.8 Å². The van der Waals surface area contributed by atoms with Crippen LogP contribution in [-0.4, -0.2) is 27.4 Å². The molecule has 0 radical (unpaired) electrons. The molecular weight excluding hydrogens is 190 g/mol. The molecule has 0 heterocycles. The summed E-state index contributed by atoms with van der Waals surface area (Å²) in [7, 11) is 3.64. The van der Waals surface area contributed by atoms with Gasteiger partial charge >= 0.3 is 0 Å². The van der Waals surface area contributed by atoms with E-state index in [1.807, 2.05) is 19.2 Å². The first kappa shape index (κ1) is 12.0. The van der Waals surface area contributed by atoms with Crippen LogP contribution in [-0.2, 0) is 11.3 Å². The SMILES string of the molecule is CNCc1ccc(OCCCOC)cc1. The van der Waals surface area contributed by atoms with Crippen molar-refractivity contribution in [1.82, 2.24) is 5.32 Å². The molecule has 1 aromatic rings. The van der Waals surface area contributed by atoms with Crippen LogP contribution in [0.15, 0.2) is 24.3 Å². The highest BCUT2D eigenvalue weighted by atomic mass is 16.5. The van der Waals surface area contributed by atoms with E-state index < -0.39 is 0 Å². The summed E-state index contributed by atoms with van der Waals surface area (Å²) in [4.78, 5) is 0. The maximum absolute atomic E-state index is 5.54. The molecule has 3 heteroatoms. The van der Waals surface area contributed by atoms with E-state index >= 15 is 0 Å². The molecule has 1 rings (SSSR count). The van der Waals surface area contributed by atoms with Gasteiger partial charge in [-0.1, -0.05) is 12.1 Å². The van der Waals surface area contributed by atoms with Crippen molar-refractivity contribution < 1.29 is 9.47 Å². The lowest BCUT2D eigenvalue weighted by atomic mass is 10.2. The number of nitrogens with one attached hydrogen (secondary N) is 1. The summed E-state index contributed by atoms with van der Waals surface area (Å²) in [6, 6.07) is 8.14. The number of hydrogen-bond acceptors (Lipinski definition) is 3. The Labute approximate surface area is 91.4 Å². The summed E-state index contributed by atoms with van der Waals surface area (Å²) in [6.45, 7) is 2.35. The summed E-state index contributed by atoms with van der Waals surface area (Å²) in [6.07, 6.45) is 0.925. The van der Waals surface area contributed by atoms with Crippen molar-refractivity contribution >= 4 is 0 Å². The zero-order chi connectivity index (χ0) is 10.9. The number of hydrogen-bond donors (Lipinski definition) is 1. The predicted molar refractivity (Wildman–Crippen MR) is 61.2 cm³/mol. The molecule has 0 atom stereocenters. The Kier molecular flexibility index (Phi) is 5.81. The van der Waals surface area contributed by atoms with Gasteiger partial charge in [0.05, 0.1) is 6.61 Å². The van der Waals surface area contributed by atoms with Gasteiger partial charge in [-0.05, 0) is 24.7 Å². The number of benzene rings is 1. The zero-order valence-electron chi connectivity index (χ0n) is 9.45. The van der Waals surface area contributed by atoms with Crippen molar-refractivity contribution in [3.05, 3.63) is 29.8 Å². The third kappa shape index (κ3) is 4.81. The summed E-state index contributed by atoms with van der Waals surface area (Å²) in [5, 5.41) is 3.11. The minimum Gasteiger partial charge on any atom is -0.494 e. The first-order valence-corrected chi connectivity index (χ1v) is 5.22. The van der Waals surface area contributed by atoms with Crippen LogP contribution in [0, 0.1) is 0 Å². The van der Waals surface area contributed by atoms with Gasteiger partial charge in [-0.2, -0.15) is 0 Å². The van der Waals surface area contributed by atoms with Crippen LogP contribution in [0.2, 0.25) is 0 Å². The van der Waals surface area contributed by atoms with Gasteiger partial charge in [0.15, 0.2) is 0 Å². The van der Waals surface area contributed by atoms with Gasteiger partial charge in [0, 0.05) is 26.7 Å². The van der Waals surface area contributed by atoms with E-state index in [2.05, 4.69) is 17.4 Å². The topological polar surface area (TPSA) is 30.5 Å². The lowest BCUT2D eigenvalue weighted by Crippen LogP contribution is -2.05. The Morgan fingerprint density at radius 1 is 1.13 bits per heavy atom. The smallest absolute Gasteiger partial charge is 0.119 e. The Hall–Kier alpha value is -1.06. The maximum Gasteiger partial charge on any atom is 0.119 e. The molecule has 84 valence electrons. The zero-order valence-corrected chi connectivity index (χ0v) is 9.45. The summed E-state index contributed by atoms with van der Waals surface area (Å²) < 4.78 is 10.5. The fourth-order valence-electron chi connectivity index (χ4n) is 1.30. The van der Waals surface area contributed by atoms with Gasteiger partial charge in [0.25, 0.3) is 0 Å². The summed E-state index contributed by atoms with van der Waals surface area (Å²) >= 11 is 0. The molecule has 0 aliphatic heterocycles. The minimum absolute atomic E-state index is 0.708. The normalized spacial score (nSPS) is 10.3. The van der Waals surface area contributed by atoms with Crippen LogP contribution in [0.4, 0.5) is 0 Å². The van der Waals surface area contributed by atoms with Gasteiger partial charge in [-0.3, -0.25) is 0 Å². The molecule has 0 aromatic heterocycles. The van der Waals surface area contributed by atoms with Crippen LogP contribution in [0.25, 0.3) is 0 Å². The molecule has 1 aromatic carbocycles. The largest absolute Gasteiger partial charge is 0.494 e. The molecule has 15 heavy (non-hydrogen) atoms. The molecule has 0 spiro atoms. The quantitative estimate of drug-likeness (QED) is 0.695. The number of ether oxygens (including phenoxy) is 2. The third-order valence-corrected chi connectivity index (χ3v) is 2.07. The highest BCUT2D eigenvalue weighted by molar-refractivity contribution is 5.27. The molecule has 0 aliphatic carbocycles. The van der Waals surface area contributed by atoms with Crippen molar-refractivity contribution in [1.29, 1.82) is 0 Å². The van der Waals surface area contributed by atoms with E-state index in [0.29, 0.717) is 6.61 Å². The highest BCUT2D eigenvalue weighted by Crippen LogP contribution is 2.12. The van der Waals surface area contributed by atoms with Crippen molar-refractivity contribution in [3.8, 4) is 5.75 Å². The molecule has 0 unspecified atom stereocenters. The highest BCUT2D eigenvalue weighted by Gasteiger charge is 1.94. The molecule has 0 saturated carbocycles. The summed E-state index contributed by atoms with van der Waals surface area (Å²) in [5.74, 6) is 0.922. The Morgan fingerprint density at radius 3 is 2.47 bits per heavy atom. The molecular formula is C12H19NO2. The van der Waals surface area contributed by atoms with Gasteiger partial charge in [0.2, 0.25) is 0 Å². The van der Waals surface area contributed by atoms with E-state index in [1.54, 1.807) is 7.11 Å². The fraction of sp³-hybridized carbons (Fsp3) is 0.500. The standard InChI is InChI=1S/C12H19NO2/c1-13-10-11-4-6-12(7-5-11)15-9-3-8-14-2/h4-7,13H,3,8-10H2,1-2H3. The molecule has 0 aliphatic rings. The average molecular weight is 209 g/mol. The predicted octanol–water partition coefficient (Wildman–Crippen LogP) is 1.82. The Morgan fingerprint density at radius 2 is 1.87 bits per heavy atom. The summed E-state index contributed by atoms with van der Waals surface area (Å²) in [5.41, 5.74) is 1.27. The Balaban J connectivity index is 2.29. The average Bonchev–Trinajstić information content (AvgIpc) is 2.27. The molecule has 0 saturated heterocycles. The first-order valence-electron chi connectivity index (χ1n) is 5.22. The number of rotatable bonds is 7. The minimum atomic E-state index is 0.708. The molecule has 0 amide bonds. The van der Waals surface area contributed by atoms with Crippen LogP contribution in [0.3, 0.4) is 0 Å². The van der Waals surface area contributed by atoms with E-state index in [1.165, 1.54) is 5.56 Å². The van der Waals surface area contributed by atoms with Gasteiger partial charge in [0.1, 0.15) is 5.75 Å². The number of methoxy groups -OCH3 is 1. The van der Waals surface area contributed by atoms with E-state index in [9.17, 15) is 0 Å². The molecule has 1 N–H and O–H groups in total. The lowest BCUT2D eigenvalue weighted by molar-refractivity contribution is 0.172. The van der Waals surface area contributed by atoms with E-state index in [4.69, 9.17) is 9.47 Å². The second kappa shape index (κ2) is 7.26. The molecule has 3 nitrogen and oxygen atoms in total. The fourth-order valence-corrected chi connectivity index (χ4v) is 1.30. The van der Waals surface area contributed by atoms with E-state index in [0.717, 1.165) is 25.3 Å². The lowest BCUT2D eigenvalue weighted by Gasteiger charge is -2.06. The maximum atomic E-state index is 5.54. The van der Waals surface area contributed by atoms with Crippen LogP contribution >= 0.6 is 0 Å².